The number of nitrogens with zero attached hydrogens (tertiary/aromatic N) is 6. The van der Waals surface area contributed by atoms with Crippen LogP contribution >= 0.6 is 0 Å². The summed E-state index contributed by atoms with van der Waals surface area (Å²) in [5, 5.41) is 13.7. The molecule has 42 heavy (non-hydrogen) atoms. The minimum Gasteiger partial charge on any atom is -0.444 e. The molecule has 2 aromatic rings. The number of aromatic nitrogens is 2. The van der Waals surface area contributed by atoms with Gasteiger partial charge in [-0.2, -0.15) is 18.4 Å². The zero-order valence-corrected chi connectivity index (χ0v) is 24.3. The standard InChI is InChI=1S/C25H28F4N8O4S/c1-14-9-15(10-30)11-31-18(14)20(38)34-17-8-7-16(26)19(33-17)24(5)13-42(40,32-12-25(27,28)29)37(6)21(36-24)35-22(39)41-23(2,3)4/h7-9,11H,12-13H2,1-6H3,(H,33,34,38)(H,35,36,39)/t24-,42?/m0/s1. The number of ether oxygens (including phenoxy) is 1. The first kappa shape index (κ1) is 32.2. The third kappa shape index (κ3) is 7.69. The fourth-order valence-electron chi connectivity index (χ4n) is 3.80. The van der Waals surface area contributed by atoms with Gasteiger partial charge in [0.15, 0.2) is 0 Å². The van der Waals surface area contributed by atoms with E-state index >= 15 is 4.39 Å². The molecule has 0 saturated carbocycles. The van der Waals surface area contributed by atoms with Gasteiger partial charge < -0.3 is 10.1 Å². The van der Waals surface area contributed by atoms with Crippen LogP contribution in [0, 0.1) is 24.1 Å². The van der Waals surface area contributed by atoms with Gasteiger partial charge in [-0.1, -0.05) is 0 Å². The molecule has 0 fully saturated rings. The molecule has 2 atom stereocenters. The second-order valence-corrected chi connectivity index (χ2v) is 12.8. The Kier molecular flexibility index (Phi) is 8.82. The zero-order valence-electron chi connectivity index (χ0n) is 23.5. The van der Waals surface area contributed by atoms with Crippen molar-refractivity contribution >= 4 is 33.7 Å². The van der Waals surface area contributed by atoms with E-state index in [0.717, 1.165) is 23.5 Å². The lowest BCUT2D eigenvalue weighted by Crippen LogP contribution is -2.54. The maximum absolute atomic E-state index is 15.2. The smallest absolute Gasteiger partial charge is 0.414 e. The maximum Gasteiger partial charge on any atom is 0.414 e. The summed E-state index contributed by atoms with van der Waals surface area (Å²) in [7, 11) is -2.88. The van der Waals surface area contributed by atoms with Gasteiger partial charge in [-0.3, -0.25) is 14.4 Å². The number of alkyl halides is 3. The van der Waals surface area contributed by atoms with Crippen LogP contribution in [0.15, 0.2) is 33.8 Å². The molecule has 0 spiro atoms. The number of hydrogen-bond donors (Lipinski definition) is 2. The van der Waals surface area contributed by atoms with Crippen LogP contribution in [-0.2, 0) is 20.2 Å². The molecule has 3 heterocycles. The number of nitrogens with one attached hydrogen (secondary N) is 2. The molecule has 17 heteroatoms. The van der Waals surface area contributed by atoms with E-state index in [1.807, 2.05) is 6.07 Å². The highest BCUT2D eigenvalue weighted by molar-refractivity contribution is 7.92. The first-order valence-corrected chi connectivity index (χ1v) is 13.9. The molecule has 0 bridgehead atoms. The first-order chi connectivity index (χ1) is 19.2. The summed E-state index contributed by atoms with van der Waals surface area (Å²) in [6, 6.07) is 5.41. The van der Waals surface area contributed by atoms with Crippen LogP contribution < -0.4 is 10.6 Å². The number of carbonyl (C=O) groups is 2. The van der Waals surface area contributed by atoms with Crippen molar-refractivity contribution in [2.75, 3.05) is 24.7 Å². The van der Waals surface area contributed by atoms with Crippen molar-refractivity contribution in [2.24, 2.45) is 9.36 Å². The number of guanidine groups is 1. The number of aliphatic imine (C=N–C) groups is 1. The Bertz CT molecular complexity index is 1610. The molecular weight excluding hydrogens is 584 g/mol. The van der Waals surface area contributed by atoms with Crippen LogP contribution in [0.2, 0.25) is 0 Å². The van der Waals surface area contributed by atoms with Gasteiger partial charge in [-0.25, -0.2) is 32.7 Å². The van der Waals surface area contributed by atoms with E-state index in [1.54, 1.807) is 27.7 Å². The van der Waals surface area contributed by atoms with Crippen molar-refractivity contribution in [3.63, 3.8) is 0 Å². The molecule has 0 aliphatic carbocycles. The van der Waals surface area contributed by atoms with Gasteiger partial charge in [0.25, 0.3) is 5.91 Å². The molecule has 12 nitrogen and oxygen atoms in total. The van der Waals surface area contributed by atoms with Crippen LogP contribution in [0.25, 0.3) is 0 Å². The Labute approximate surface area is 239 Å². The highest BCUT2D eigenvalue weighted by Crippen LogP contribution is 2.34. The normalized spacial score (nSPS) is 20.7. The minimum absolute atomic E-state index is 0.0389. The summed E-state index contributed by atoms with van der Waals surface area (Å²) in [6.07, 6.45) is -4.67. The predicted molar refractivity (Wildman–Crippen MR) is 144 cm³/mol. The van der Waals surface area contributed by atoms with Crippen LogP contribution in [-0.4, -0.2) is 67.6 Å². The molecule has 3 rings (SSSR count). The fraction of sp³-hybridized carbons (Fsp3) is 0.440. The monoisotopic (exact) mass is 612 g/mol. The summed E-state index contributed by atoms with van der Waals surface area (Å²) in [4.78, 5) is 37.7. The third-order valence-corrected chi connectivity index (χ3v) is 8.13. The van der Waals surface area contributed by atoms with E-state index in [2.05, 4.69) is 30.0 Å². The van der Waals surface area contributed by atoms with Crippen molar-refractivity contribution in [1.82, 2.24) is 19.6 Å². The Balaban J connectivity index is 2.08. The lowest BCUT2D eigenvalue weighted by atomic mass is 10.00. The Morgan fingerprint density at radius 1 is 1.26 bits per heavy atom. The van der Waals surface area contributed by atoms with Crippen molar-refractivity contribution in [3.05, 3.63) is 52.7 Å². The lowest BCUT2D eigenvalue weighted by molar-refractivity contribution is -0.117. The summed E-state index contributed by atoms with van der Waals surface area (Å²) >= 11 is 0. The number of amides is 2. The van der Waals surface area contributed by atoms with Gasteiger partial charge in [-0.15, -0.1) is 0 Å². The van der Waals surface area contributed by atoms with E-state index < -0.39 is 69.0 Å². The summed E-state index contributed by atoms with van der Waals surface area (Å²) in [6.45, 7) is 5.73. The number of carbonyl (C=O) groups excluding carboxylic acids is 2. The minimum atomic E-state index is -4.81. The molecule has 1 aliphatic rings. The number of anilines is 1. The SMILES string of the molecule is Cc1cc(C#N)cnc1C(=O)Nc1ccc(F)c([C@]2(C)CS(=O)(=NCC(F)(F)F)N(C)C(NC(=O)OC(C)(C)C)=N2)n1. The Morgan fingerprint density at radius 3 is 2.50 bits per heavy atom. The topological polar surface area (TPSA) is 162 Å². The number of nitriles is 1. The largest absolute Gasteiger partial charge is 0.444 e. The number of pyridine rings is 2. The molecule has 1 unspecified atom stereocenters. The first-order valence-electron chi connectivity index (χ1n) is 12.2. The summed E-state index contributed by atoms with van der Waals surface area (Å²) in [5.74, 6) is -3.15. The molecule has 1 aliphatic heterocycles. The van der Waals surface area contributed by atoms with Gasteiger partial charge in [0.2, 0.25) is 5.96 Å². The Morgan fingerprint density at radius 2 is 1.93 bits per heavy atom. The Hall–Kier alpha value is -4.33. The van der Waals surface area contributed by atoms with Crippen molar-refractivity contribution in [2.45, 2.75) is 51.9 Å². The van der Waals surface area contributed by atoms with Crippen molar-refractivity contribution < 1.29 is 36.1 Å². The number of alkyl carbamates (subject to hydrolysis) is 1. The highest BCUT2D eigenvalue weighted by atomic mass is 32.2. The van der Waals surface area contributed by atoms with Crippen molar-refractivity contribution in [3.8, 4) is 6.07 Å². The zero-order chi connectivity index (χ0) is 31.7. The van der Waals surface area contributed by atoms with Crippen LogP contribution in [0.3, 0.4) is 0 Å². The predicted octanol–water partition coefficient (Wildman–Crippen LogP) is 4.03. The molecule has 2 aromatic heterocycles. The van der Waals surface area contributed by atoms with Crippen molar-refractivity contribution in [1.29, 1.82) is 5.26 Å². The van der Waals surface area contributed by atoms with Gasteiger partial charge in [-0.05, 0) is 58.4 Å². The fourth-order valence-corrected chi connectivity index (χ4v) is 5.90. The molecule has 2 N–H and O–H groups in total. The molecule has 0 saturated heterocycles. The van der Waals surface area contributed by atoms with Gasteiger partial charge in [0, 0.05) is 13.2 Å². The molecule has 2 amide bonds. The molecular formula is C25H28F4N8O4S. The van der Waals surface area contributed by atoms with Crippen LogP contribution in [0.1, 0.15) is 55.0 Å². The summed E-state index contributed by atoms with van der Waals surface area (Å²) < 4.78 is 77.6. The van der Waals surface area contributed by atoms with E-state index in [4.69, 9.17) is 10.00 Å². The number of aryl methyl sites for hydroxylation is 1. The summed E-state index contributed by atoms with van der Waals surface area (Å²) in [5.41, 5.74) is -2.82. The maximum atomic E-state index is 15.2. The number of rotatable bonds is 4. The highest BCUT2D eigenvalue weighted by Gasteiger charge is 2.44. The molecule has 0 aromatic carbocycles. The van der Waals surface area contributed by atoms with E-state index in [1.165, 1.54) is 19.2 Å². The van der Waals surface area contributed by atoms with Gasteiger partial charge in [0.1, 0.15) is 56.7 Å². The lowest BCUT2D eigenvalue weighted by Gasteiger charge is -2.38. The van der Waals surface area contributed by atoms with E-state index in [0.29, 0.717) is 5.56 Å². The van der Waals surface area contributed by atoms with E-state index in [9.17, 15) is 27.0 Å². The number of hydrogen-bond acceptors (Lipinski definition) is 9. The van der Waals surface area contributed by atoms with Crippen LogP contribution in [0.5, 0.6) is 0 Å². The molecule has 0 radical (unpaired) electrons. The molecule has 226 valence electrons. The average Bonchev–Trinajstić information content (AvgIpc) is 2.85. The van der Waals surface area contributed by atoms with E-state index in [-0.39, 0.29) is 17.1 Å². The number of halogens is 4. The second kappa shape index (κ2) is 11.5. The van der Waals surface area contributed by atoms with Gasteiger partial charge >= 0.3 is 12.3 Å². The van der Waals surface area contributed by atoms with Crippen LogP contribution in [0.4, 0.5) is 28.2 Å². The quantitative estimate of drug-likeness (QED) is 0.493. The third-order valence-electron chi connectivity index (χ3n) is 5.63. The van der Waals surface area contributed by atoms with Gasteiger partial charge in [0.05, 0.1) is 11.3 Å². The second-order valence-electron chi connectivity index (χ2n) is 10.5. The average molecular weight is 613 g/mol.